The summed E-state index contributed by atoms with van der Waals surface area (Å²) in [5.74, 6) is 0.927. The van der Waals surface area contributed by atoms with Crippen molar-refractivity contribution < 1.29 is 0 Å². The van der Waals surface area contributed by atoms with Crippen LogP contribution in [0.25, 0.3) is 0 Å². The number of nitrogens with zero attached hydrogens (tertiary/aromatic N) is 2. The Kier molecular flexibility index (Phi) is 6.79. The predicted octanol–water partition coefficient (Wildman–Crippen LogP) is 2.57. The number of rotatable bonds is 5. The Labute approximate surface area is 126 Å². The second-order valence-corrected chi connectivity index (χ2v) is 7.14. The zero-order valence-electron chi connectivity index (χ0n) is 13.9. The van der Waals surface area contributed by atoms with Crippen LogP contribution < -0.4 is 5.32 Å². The molecule has 3 nitrogen and oxygen atoms in total. The van der Waals surface area contributed by atoms with E-state index in [1.54, 1.807) is 0 Å². The molecule has 3 unspecified atom stereocenters. The summed E-state index contributed by atoms with van der Waals surface area (Å²) < 4.78 is 0. The van der Waals surface area contributed by atoms with E-state index in [1.807, 2.05) is 0 Å². The van der Waals surface area contributed by atoms with Crippen LogP contribution in [-0.4, -0.2) is 61.7 Å². The van der Waals surface area contributed by atoms with Gasteiger partial charge in [0.15, 0.2) is 0 Å². The smallest absolute Gasteiger partial charge is 0.0220 e. The molecule has 1 saturated heterocycles. The van der Waals surface area contributed by atoms with E-state index in [1.165, 1.54) is 71.2 Å². The highest BCUT2D eigenvalue weighted by atomic mass is 15.2. The molecule has 0 aromatic rings. The average Bonchev–Trinajstić information content (AvgIpc) is 2.60. The number of hydrogen-bond donors (Lipinski definition) is 1. The summed E-state index contributed by atoms with van der Waals surface area (Å²) in [5, 5.41) is 3.82. The topological polar surface area (TPSA) is 18.5 Å². The van der Waals surface area contributed by atoms with Gasteiger partial charge in [-0.05, 0) is 51.7 Å². The molecule has 3 atom stereocenters. The summed E-state index contributed by atoms with van der Waals surface area (Å²) >= 11 is 0. The second kappa shape index (κ2) is 8.35. The molecule has 0 amide bonds. The lowest BCUT2D eigenvalue weighted by Gasteiger charge is -2.32. The van der Waals surface area contributed by atoms with Crippen molar-refractivity contribution in [2.24, 2.45) is 5.92 Å². The molecule has 118 valence electrons. The third kappa shape index (κ3) is 5.01. The molecule has 2 fully saturated rings. The number of nitrogens with one attached hydrogen (secondary N) is 1. The van der Waals surface area contributed by atoms with Crippen LogP contribution in [0.3, 0.4) is 0 Å². The second-order valence-electron chi connectivity index (χ2n) is 7.14. The summed E-state index contributed by atoms with van der Waals surface area (Å²) in [6, 6.07) is 1.54. The number of likely N-dealkylation sites (N-methyl/N-ethyl adjacent to an activating group) is 1. The summed E-state index contributed by atoms with van der Waals surface area (Å²) in [6.45, 7) is 11.0. The lowest BCUT2D eigenvalue weighted by Crippen LogP contribution is -2.45. The van der Waals surface area contributed by atoms with Gasteiger partial charge in [0.25, 0.3) is 0 Å². The third-order valence-electron chi connectivity index (χ3n) is 5.26. The molecule has 2 rings (SSSR count). The van der Waals surface area contributed by atoms with E-state index in [9.17, 15) is 0 Å². The van der Waals surface area contributed by atoms with E-state index < -0.39 is 0 Å². The van der Waals surface area contributed by atoms with Crippen LogP contribution in [0.1, 0.15) is 52.4 Å². The van der Waals surface area contributed by atoms with Gasteiger partial charge in [0, 0.05) is 31.7 Å². The van der Waals surface area contributed by atoms with Crippen molar-refractivity contribution in [2.75, 3.05) is 39.8 Å². The molecule has 0 spiro atoms. The van der Waals surface area contributed by atoms with Gasteiger partial charge < -0.3 is 10.2 Å². The van der Waals surface area contributed by atoms with Gasteiger partial charge in [0.1, 0.15) is 0 Å². The number of hydrogen-bond acceptors (Lipinski definition) is 3. The van der Waals surface area contributed by atoms with Crippen molar-refractivity contribution in [1.82, 2.24) is 15.1 Å². The van der Waals surface area contributed by atoms with Gasteiger partial charge in [-0.25, -0.2) is 0 Å². The van der Waals surface area contributed by atoms with Crippen LogP contribution in [0.2, 0.25) is 0 Å². The van der Waals surface area contributed by atoms with Gasteiger partial charge in [-0.3, -0.25) is 4.90 Å². The first-order chi connectivity index (χ1) is 9.69. The van der Waals surface area contributed by atoms with Crippen LogP contribution >= 0.6 is 0 Å². The minimum Gasteiger partial charge on any atom is -0.313 e. The van der Waals surface area contributed by atoms with Gasteiger partial charge in [-0.15, -0.1) is 0 Å². The largest absolute Gasteiger partial charge is 0.313 e. The molecule has 2 aliphatic rings. The maximum atomic E-state index is 3.82. The Morgan fingerprint density at radius 2 is 2.00 bits per heavy atom. The maximum Gasteiger partial charge on any atom is 0.0220 e. The van der Waals surface area contributed by atoms with Crippen LogP contribution in [-0.2, 0) is 0 Å². The van der Waals surface area contributed by atoms with Crippen LogP contribution in [0.5, 0.6) is 0 Å². The van der Waals surface area contributed by atoms with E-state index in [0.29, 0.717) is 0 Å². The predicted molar refractivity (Wildman–Crippen MR) is 87.2 cm³/mol. The average molecular weight is 281 g/mol. The quantitative estimate of drug-likeness (QED) is 0.835. The van der Waals surface area contributed by atoms with Gasteiger partial charge in [0.2, 0.25) is 0 Å². The first-order valence-corrected chi connectivity index (χ1v) is 8.85. The van der Waals surface area contributed by atoms with Crippen molar-refractivity contribution in [3.63, 3.8) is 0 Å². The van der Waals surface area contributed by atoms with E-state index in [4.69, 9.17) is 0 Å². The van der Waals surface area contributed by atoms with Crippen LogP contribution in [0, 0.1) is 5.92 Å². The molecule has 1 aliphatic carbocycles. The zero-order chi connectivity index (χ0) is 14.4. The van der Waals surface area contributed by atoms with Gasteiger partial charge >= 0.3 is 0 Å². The molecule has 1 heterocycles. The van der Waals surface area contributed by atoms with Gasteiger partial charge in [-0.2, -0.15) is 0 Å². The van der Waals surface area contributed by atoms with Crippen LogP contribution in [0.15, 0.2) is 0 Å². The normalized spacial score (nSPS) is 34.0. The Morgan fingerprint density at radius 1 is 1.15 bits per heavy atom. The molecule has 0 bridgehead atoms. The van der Waals surface area contributed by atoms with E-state index >= 15 is 0 Å². The molecule has 1 N–H and O–H groups in total. The lowest BCUT2D eigenvalue weighted by molar-refractivity contribution is 0.179. The molecule has 1 saturated carbocycles. The summed E-state index contributed by atoms with van der Waals surface area (Å²) in [7, 11) is 2.27. The Morgan fingerprint density at radius 3 is 2.75 bits per heavy atom. The van der Waals surface area contributed by atoms with Crippen molar-refractivity contribution in [2.45, 2.75) is 64.5 Å². The highest BCUT2D eigenvalue weighted by Crippen LogP contribution is 2.23. The standard InChI is InChI=1S/C17H35N3/c1-4-17-14-19(3)10-6-11-20(17)12-9-18-16-8-5-7-15(2)13-16/h15-18H,4-14H2,1-3H3. The summed E-state index contributed by atoms with van der Waals surface area (Å²) in [5.41, 5.74) is 0. The molecular weight excluding hydrogens is 246 g/mol. The van der Waals surface area contributed by atoms with Crippen molar-refractivity contribution in [3.05, 3.63) is 0 Å². The molecule has 1 aliphatic heterocycles. The monoisotopic (exact) mass is 281 g/mol. The van der Waals surface area contributed by atoms with Crippen molar-refractivity contribution in [3.8, 4) is 0 Å². The summed E-state index contributed by atoms with van der Waals surface area (Å²) in [4.78, 5) is 5.23. The molecule has 20 heavy (non-hydrogen) atoms. The first kappa shape index (κ1) is 16.3. The van der Waals surface area contributed by atoms with E-state index in [-0.39, 0.29) is 0 Å². The van der Waals surface area contributed by atoms with Crippen molar-refractivity contribution in [1.29, 1.82) is 0 Å². The van der Waals surface area contributed by atoms with E-state index in [0.717, 1.165) is 18.0 Å². The van der Waals surface area contributed by atoms with Crippen molar-refractivity contribution >= 4 is 0 Å². The molecule has 0 aromatic carbocycles. The van der Waals surface area contributed by atoms with Crippen LogP contribution in [0.4, 0.5) is 0 Å². The lowest BCUT2D eigenvalue weighted by atomic mass is 9.87. The maximum absolute atomic E-state index is 3.82. The van der Waals surface area contributed by atoms with Gasteiger partial charge in [0.05, 0.1) is 0 Å². The minimum absolute atomic E-state index is 0.759. The Balaban J connectivity index is 1.71. The molecule has 0 aromatic heterocycles. The SMILES string of the molecule is CCC1CN(C)CCCN1CCNC1CCCC(C)C1. The highest BCUT2D eigenvalue weighted by molar-refractivity contribution is 4.80. The fraction of sp³-hybridized carbons (Fsp3) is 1.00. The molecule has 3 heteroatoms. The zero-order valence-corrected chi connectivity index (χ0v) is 13.9. The van der Waals surface area contributed by atoms with E-state index in [2.05, 4.69) is 36.0 Å². The minimum atomic E-state index is 0.759. The first-order valence-electron chi connectivity index (χ1n) is 8.85. The Bertz CT molecular complexity index is 269. The van der Waals surface area contributed by atoms with Gasteiger partial charge in [-0.1, -0.05) is 26.7 Å². The summed E-state index contributed by atoms with van der Waals surface area (Å²) in [6.07, 6.45) is 8.25. The third-order valence-corrected chi connectivity index (χ3v) is 5.26. The fourth-order valence-electron chi connectivity index (χ4n) is 4.01. The fourth-order valence-corrected chi connectivity index (χ4v) is 4.01. The highest BCUT2D eigenvalue weighted by Gasteiger charge is 2.22. The molecule has 0 radical (unpaired) electrons. The Hall–Kier alpha value is -0.120. The molecular formula is C17H35N3.